The number of aliphatic hydroxyl groups is 1. The van der Waals surface area contributed by atoms with Crippen molar-refractivity contribution in [1.29, 1.82) is 0 Å². The minimum atomic E-state index is -0.176. The Morgan fingerprint density at radius 3 is 2.61 bits per heavy atom. The molecule has 2 rings (SSSR count). The predicted molar refractivity (Wildman–Crippen MR) is 72.4 cm³/mol. The number of halogens is 1. The first-order valence-corrected chi connectivity index (χ1v) is 7.81. The van der Waals surface area contributed by atoms with E-state index in [1.165, 1.54) is 38.6 Å². The van der Waals surface area contributed by atoms with Gasteiger partial charge in [0, 0.05) is 12.0 Å². The lowest BCUT2D eigenvalue weighted by Gasteiger charge is -2.40. The highest BCUT2D eigenvalue weighted by Crippen LogP contribution is 2.35. The van der Waals surface area contributed by atoms with Gasteiger partial charge in [-0.15, -0.1) is 0 Å². The smallest absolute Gasteiger partial charge is 0.0894 e. The van der Waals surface area contributed by atoms with E-state index in [4.69, 9.17) is 0 Å². The maximum absolute atomic E-state index is 12.1. The maximum Gasteiger partial charge on any atom is 0.0894 e. The Morgan fingerprint density at radius 2 is 1.89 bits per heavy atom. The van der Waals surface area contributed by atoms with Crippen LogP contribution in [0.3, 0.4) is 0 Å². The predicted octanol–water partition coefficient (Wildman–Crippen LogP) is 3.14. The number of alkyl halides is 1. The average Bonchev–Trinajstić information content (AvgIpc) is 2.81. The van der Waals surface area contributed by atoms with Gasteiger partial charge in [-0.1, -0.05) is 12.8 Å². The summed E-state index contributed by atoms with van der Waals surface area (Å²) in [5.41, 5.74) is 0. The zero-order valence-electron chi connectivity index (χ0n) is 11.5. The largest absolute Gasteiger partial charge is 0.393 e. The second-order valence-electron chi connectivity index (χ2n) is 6.01. The van der Waals surface area contributed by atoms with Gasteiger partial charge in [-0.3, -0.25) is 4.39 Å². The fourth-order valence-electron chi connectivity index (χ4n) is 3.78. The first-order valence-electron chi connectivity index (χ1n) is 7.81. The lowest BCUT2D eigenvalue weighted by molar-refractivity contribution is 0.0346. The Bertz CT molecular complexity index is 237. The summed E-state index contributed by atoms with van der Waals surface area (Å²) in [6.07, 6.45) is 10.0. The van der Waals surface area contributed by atoms with E-state index in [1.54, 1.807) is 0 Å². The van der Waals surface area contributed by atoms with Gasteiger partial charge in [0.15, 0.2) is 0 Å². The SMILES string of the molecule is OC1CCCC1C1CCCCN1CCCCCF. The van der Waals surface area contributed by atoms with Gasteiger partial charge in [0.2, 0.25) is 0 Å². The average molecular weight is 257 g/mol. The molecule has 3 heteroatoms. The first kappa shape index (κ1) is 14.3. The Morgan fingerprint density at radius 1 is 1.00 bits per heavy atom. The van der Waals surface area contributed by atoms with Crippen molar-refractivity contribution in [3.8, 4) is 0 Å². The molecule has 18 heavy (non-hydrogen) atoms. The van der Waals surface area contributed by atoms with E-state index >= 15 is 0 Å². The molecule has 1 N–H and O–H groups in total. The molecule has 2 fully saturated rings. The third kappa shape index (κ3) is 3.67. The van der Waals surface area contributed by atoms with Crippen LogP contribution in [0.2, 0.25) is 0 Å². The molecule has 0 bridgehead atoms. The monoisotopic (exact) mass is 257 g/mol. The van der Waals surface area contributed by atoms with Crippen LogP contribution in [0.5, 0.6) is 0 Å². The van der Waals surface area contributed by atoms with Crippen molar-refractivity contribution in [1.82, 2.24) is 4.90 Å². The van der Waals surface area contributed by atoms with Gasteiger partial charge in [0.25, 0.3) is 0 Å². The fourth-order valence-corrected chi connectivity index (χ4v) is 3.78. The van der Waals surface area contributed by atoms with Crippen LogP contribution < -0.4 is 0 Å². The van der Waals surface area contributed by atoms with E-state index in [0.717, 1.165) is 25.8 Å². The normalized spacial score (nSPS) is 34.0. The standard InChI is InChI=1S/C15H28FNO/c16-10-3-1-4-11-17-12-5-2-8-14(17)13-7-6-9-15(13)18/h13-15,18H,1-12H2. The molecule has 3 unspecified atom stereocenters. The summed E-state index contributed by atoms with van der Waals surface area (Å²) in [6.45, 7) is 2.11. The van der Waals surface area contributed by atoms with E-state index in [9.17, 15) is 9.50 Å². The highest BCUT2D eigenvalue weighted by Gasteiger charge is 2.36. The van der Waals surface area contributed by atoms with Gasteiger partial charge in [0.1, 0.15) is 0 Å². The maximum atomic E-state index is 12.1. The Balaban J connectivity index is 1.81. The van der Waals surface area contributed by atoms with Crippen LogP contribution in [-0.2, 0) is 0 Å². The van der Waals surface area contributed by atoms with Crippen molar-refractivity contribution in [2.45, 2.75) is 69.9 Å². The molecule has 0 amide bonds. The number of piperidine rings is 1. The number of nitrogens with zero attached hydrogens (tertiary/aromatic N) is 1. The molecular formula is C15H28FNO. The molecule has 2 nitrogen and oxygen atoms in total. The molecule has 106 valence electrons. The van der Waals surface area contributed by atoms with Crippen molar-refractivity contribution in [3.63, 3.8) is 0 Å². The fraction of sp³-hybridized carbons (Fsp3) is 1.00. The molecule has 0 aromatic carbocycles. The summed E-state index contributed by atoms with van der Waals surface area (Å²) >= 11 is 0. The van der Waals surface area contributed by atoms with Crippen molar-refractivity contribution in [2.24, 2.45) is 5.92 Å². The second kappa shape index (κ2) is 7.44. The molecule has 1 aliphatic carbocycles. The molecule has 1 saturated heterocycles. The van der Waals surface area contributed by atoms with Crippen LogP contribution >= 0.6 is 0 Å². The number of rotatable bonds is 6. The summed E-state index contributed by atoms with van der Waals surface area (Å²) in [6, 6.07) is 0.599. The summed E-state index contributed by atoms with van der Waals surface area (Å²) in [5, 5.41) is 10.1. The van der Waals surface area contributed by atoms with Gasteiger partial charge in [-0.05, 0) is 58.0 Å². The van der Waals surface area contributed by atoms with Crippen LogP contribution in [-0.4, -0.2) is 41.9 Å². The zero-order valence-corrected chi connectivity index (χ0v) is 11.5. The topological polar surface area (TPSA) is 23.5 Å². The second-order valence-corrected chi connectivity index (χ2v) is 6.01. The van der Waals surface area contributed by atoms with E-state index in [1.807, 2.05) is 0 Å². The highest BCUT2D eigenvalue weighted by molar-refractivity contribution is 4.90. The molecular weight excluding hydrogens is 229 g/mol. The quantitative estimate of drug-likeness (QED) is 0.739. The van der Waals surface area contributed by atoms with E-state index in [0.29, 0.717) is 18.4 Å². The van der Waals surface area contributed by atoms with Crippen molar-refractivity contribution < 1.29 is 9.50 Å². The van der Waals surface area contributed by atoms with Gasteiger partial charge in [-0.2, -0.15) is 0 Å². The van der Waals surface area contributed by atoms with Crippen LogP contribution in [0.4, 0.5) is 4.39 Å². The number of aliphatic hydroxyl groups excluding tert-OH is 1. The molecule has 1 aliphatic heterocycles. The van der Waals surface area contributed by atoms with Gasteiger partial charge >= 0.3 is 0 Å². The van der Waals surface area contributed by atoms with E-state index in [-0.39, 0.29) is 12.8 Å². The Labute approximate surface area is 111 Å². The number of hydrogen-bond acceptors (Lipinski definition) is 2. The molecule has 0 aromatic heterocycles. The zero-order chi connectivity index (χ0) is 12.8. The summed E-state index contributed by atoms with van der Waals surface area (Å²) < 4.78 is 12.1. The molecule has 3 atom stereocenters. The number of likely N-dealkylation sites (tertiary alicyclic amines) is 1. The van der Waals surface area contributed by atoms with Crippen LogP contribution in [0.25, 0.3) is 0 Å². The Kier molecular flexibility index (Phi) is 5.90. The van der Waals surface area contributed by atoms with Crippen molar-refractivity contribution >= 4 is 0 Å². The third-order valence-corrected chi connectivity index (χ3v) is 4.77. The molecule has 0 aromatic rings. The summed E-state index contributed by atoms with van der Waals surface area (Å²) in [7, 11) is 0. The van der Waals surface area contributed by atoms with Gasteiger partial charge in [-0.25, -0.2) is 0 Å². The van der Waals surface area contributed by atoms with Crippen LogP contribution in [0.1, 0.15) is 57.8 Å². The highest BCUT2D eigenvalue weighted by atomic mass is 19.1. The minimum absolute atomic E-state index is 0.0681. The van der Waals surface area contributed by atoms with Crippen LogP contribution in [0, 0.1) is 5.92 Å². The number of unbranched alkanes of at least 4 members (excludes halogenated alkanes) is 2. The molecule has 1 heterocycles. The number of hydrogen-bond donors (Lipinski definition) is 1. The van der Waals surface area contributed by atoms with E-state index in [2.05, 4.69) is 4.90 Å². The molecule has 1 saturated carbocycles. The van der Waals surface area contributed by atoms with Gasteiger partial charge < -0.3 is 10.0 Å². The molecule has 0 radical (unpaired) electrons. The van der Waals surface area contributed by atoms with Crippen molar-refractivity contribution in [3.05, 3.63) is 0 Å². The first-order chi connectivity index (χ1) is 8.83. The minimum Gasteiger partial charge on any atom is -0.393 e. The summed E-state index contributed by atoms with van der Waals surface area (Å²) in [5.74, 6) is 0.506. The lowest BCUT2D eigenvalue weighted by Crippen LogP contribution is -2.46. The van der Waals surface area contributed by atoms with E-state index < -0.39 is 0 Å². The van der Waals surface area contributed by atoms with Crippen molar-refractivity contribution in [2.75, 3.05) is 19.8 Å². The lowest BCUT2D eigenvalue weighted by atomic mass is 9.87. The third-order valence-electron chi connectivity index (χ3n) is 4.77. The Hall–Kier alpha value is -0.150. The van der Waals surface area contributed by atoms with Gasteiger partial charge in [0.05, 0.1) is 12.8 Å². The van der Waals surface area contributed by atoms with Crippen LogP contribution in [0.15, 0.2) is 0 Å². The molecule has 2 aliphatic rings. The molecule has 0 spiro atoms. The summed E-state index contributed by atoms with van der Waals surface area (Å²) in [4.78, 5) is 2.58.